The van der Waals surface area contributed by atoms with Crippen molar-refractivity contribution >= 4 is 38.4 Å². The second-order valence-corrected chi connectivity index (χ2v) is 11.4. The molecule has 0 atom stereocenters. The van der Waals surface area contributed by atoms with Gasteiger partial charge in [-0.2, -0.15) is 9.67 Å². The molecule has 2 aromatic rings. The van der Waals surface area contributed by atoms with Crippen molar-refractivity contribution in [1.82, 2.24) is 14.8 Å². The van der Waals surface area contributed by atoms with Crippen molar-refractivity contribution in [2.45, 2.75) is 51.7 Å². The summed E-state index contributed by atoms with van der Waals surface area (Å²) in [7, 11) is 0.331. The topological polar surface area (TPSA) is 49.2 Å². The first kappa shape index (κ1) is 22.5. The van der Waals surface area contributed by atoms with Crippen molar-refractivity contribution in [3.63, 3.8) is 0 Å². The third kappa shape index (κ3) is 6.38. The van der Waals surface area contributed by atoms with Gasteiger partial charge in [0.05, 0.1) is 30.2 Å². The van der Waals surface area contributed by atoms with Crippen LogP contribution in [0.5, 0.6) is 6.01 Å². The van der Waals surface area contributed by atoms with Gasteiger partial charge < -0.3 is 9.47 Å². The molecule has 0 bridgehead atoms. The lowest BCUT2D eigenvalue weighted by Gasteiger charge is -2.20. The molecule has 8 heteroatoms. The fraction of sp³-hybridized carbons (Fsp3) is 0.579. The van der Waals surface area contributed by atoms with Crippen molar-refractivity contribution < 1.29 is 9.47 Å². The van der Waals surface area contributed by atoms with Gasteiger partial charge in [0.2, 0.25) is 0 Å². The van der Waals surface area contributed by atoms with E-state index in [0.29, 0.717) is 41.1 Å². The molecule has 5 nitrogen and oxygen atoms in total. The highest BCUT2D eigenvalue weighted by Gasteiger charge is 2.30. The third-order valence-electron chi connectivity index (χ3n) is 4.32. The average Bonchev–Trinajstić information content (AvgIpc) is 2.93. The molecule has 0 aliphatic heterocycles. The van der Waals surface area contributed by atoms with Gasteiger partial charge in [-0.3, -0.25) is 0 Å². The number of rotatable bonds is 9. The van der Waals surface area contributed by atoms with Gasteiger partial charge in [0.15, 0.2) is 5.82 Å². The molecule has 0 N–H and O–H groups in total. The van der Waals surface area contributed by atoms with Crippen LogP contribution in [0.4, 0.5) is 0 Å². The summed E-state index contributed by atoms with van der Waals surface area (Å²) in [6.07, 6.45) is 5.51. The Hall–Kier alpha value is -0.760. The summed E-state index contributed by atoms with van der Waals surface area (Å²) in [5, 5.41) is 5.13. The van der Waals surface area contributed by atoms with E-state index in [0.717, 1.165) is 16.5 Å². The minimum atomic E-state index is -0.0118. The maximum Gasteiger partial charge on any atom is 0.317 e. The van der Waals surface area contributed by atoms with E-state index >= 15 is 0 Å². The average molecular weight is 478 g/mol. The van der Waals surface area contributed by atoms with Crippen molar-refractivity contribution in [2.24, 2.45) is 0 Å². The largest absolute Gasteiger partial charge is 0.461 e. The highest BCUT2D eigenvalue weighted by atomic mass is 79.9. The van der Waals surface area contributed by atoms with Crippen LogP contribution in [0.15, 0.2) is 22.7 Å². The molecule has 0 aliphatic rings. The Kier molecular flexibility index (Phi) is 8.04. The summed E-state index contributed by atoms with van der Waals surface area (Å²) in [6.45, 7) is 9.41. The molecule has 1 aromatic heterocycles. The summed E-state index contributed by atoms with van der Waals surface area (Å²) in [5.41, 5.74) is 0.759. The van der Waals surface area contributed by atoms with Gasteiger partial charge in [-0.25, -0.2) is 0 Å². The Balaban J connectivity index is 2.13. The molecular weight excluding hydrogens is 450 g/mol. The maximum absolute atomic E-state index is 6.35. The lowest BCUT2D eigenvalue weighted by molar-refractivity contribution is 0.0530. The van der Waals surface area contributed by atoms with Gasteiger partial charge in [0, 0.05) is 16.5 Å². The Morgan fingerprint density at radius 1 is 1.30 bits per heavy atom. The summed E-state index contributed by atoms with van der Waals surface area (Å²) in [6, 6.07) is 6.06. The molecule has 0 radical (unpaired) electrons. The third-order valence-corrected chi connectivity index (χ3v) is 7.54. The first-order chi connectivity index (χ1) is 12.6. The highest BCUT2D eigenvalue weighted by Crippen LogP contribution is 2.30. The van der Waals surface area contributed by atoms with Gasteiger partial charge in [0.25, 0.3) is 0 Å². The number of hydrogen-bond acceptors (Lipinski definition) is 4. The van der Waals surface area contributed by atoms with E-state index in [1.165, 1.54) is 0 Å². The van der Waals surface area contributed by atoms with Crippen molar-refractivity contribution in [2.75, 3.05) is 19.1 Å². The van der Waals surface area contributed by atoms with E-state index in [1.807, 2.05) is 32.0 Å². The normalized spacial score (nSPS) is 12.2. The zero-order valence-electron chi connectivity index (χ0n) is 16.8. The van der Waals surface area contributed by atoms with Gasteiger partial charge in [-0.1, -0.05) is 27.5 Å². The molecule has 1 aromatic carbocycles. The molecule has 27 heavy (non-hydrogen) atoms. The first-order valence-electron chi connectivity index (χ1n) is 8.82. The van der Waals surface area contributed by atoms with E-state index < -0.39 is 0 Å². The molecule has 0 fully saturated rings. The summed E-state index contributed by atoms with van der Waals surface area (Å²) < 4.78 is 14.5. The van der Waals surface area contributed by atoms with Crippen molar-refractivity contribution in [3.8, 4) is 17.4 Å². The standard InChI is InChI=1S/C19H28BrClN3O2S/c1-13(2)26-18-22-17(15-8-7-14(20)11-16(15)21)23-24(18)12-25-10-9-19(3,4)27(5)6/h7-8,11,13H,9-10,12H2,1-6H3/q+1. The predicted octanol–water partition coefficient (Wildman–Crippen LogP) is 5.17. The Morgan fingerprint density at radius 3 is 2.59 bits per heavy atom. The molecule has 0 aliphatic carbocycles. The van der Waals surface area contributed by atoms with Crippen LogP contribution in [0.3, 0.4) is 0 Å². The number of halogens is 2. The van der Waals surface area contributed by atoms with E-state index in [1.54, 1.807) is 4.68 Å². The van der Waals surface area contributed by atoms with E-state index in [2.05, 4.69) is 52.4 Å². The molecular formula is C19H28BrClN3O2S+. The quantitative estimate of drug-likeness (QED) is 0.369. The van der Waals surface area contributed by atoms with Crippen LogP contribution >= 0.6 is 27.5 Å². The molecule has 2 rings (SSSR count). The fourth-order valence-corrected chi connectivity index (χ4v) is 3.42. The second-order valence-electron chi connectivity index (χ2n) is 7.37. The molecule has 0 amide bonds. The predicted molar refractivity (Wildman–Crippen MR) is 118 cm³/mol. The molecule has 0 saturated heterocycles. The number of aromatic nitrogens is 3. The molecule has 0 unspecified atom stereocenters. The number of benzene rings is 1. The number of ether oxygens (including phenoxy) is 2. The lowest BCUT2D eigenvalue weighted by atomic mass is 10.1. The smallest absolute Gasteiger partial charge is 0.317 e. The molecule has 0 spiro atoms. The molecule has 1 heterocycles. The lowest BCUT2D eigenvalue weighted by Crippen LogP contribution is -2.31. The zero-order valence-corrected chi connectivity index (χ0v) is 19.9. The Labute approximate surface area is 178 Å². The van der Waals surface area contributed by atoms with Crippen molar-refractivity contribution in [1.29, 1.82) is 0 Å². The van der Waals surface area contributed by atoms with Gasteiger partial charge >= 0.3 is 6.01 Å². The van der Waals surface area contributed by atoms with Gasteiger partial charge in [-0.15, -0.1) is 5.10 Å². The van der Waals surface area contributed by atoms with Crippen LogP contribution < -0.4 is 4.74 Å². The highest BCUT2D eigenvalue weighted by molar-refractivity contribution is 9.10. The molecule has 0 saturated carbocycles. The van der Waals surface area contributed by atoms with Gasteiger partial charge in [0.1, 0.15) is 11.5 Å². The van der Waals surface area contributed by atoms with Gasteiger partial charge in [-0.05, 0) is 56.8 Å². The van der Waals surface area contributed by atoms with Crippen LogP contribution in [-0.4, -0.2) is 44.7 Å². The monoisotopic (exact) mass is 476 g/mol. The van der Waals surface area contributed by atoms with E-state index in [4.69, 9.17) is 21.1 Å². The maximum atomic E-state index is 6.35. The summed E-state index contributed by atoms with van der Waals surface area (Å²) in [5.74, 6) is 0.524. The Morgan fingerprint density at radius 2 is 2.00 bits per heavy atom. The SMILES string of the molecule is CC(C)Oc1nc(-c2ccc(Br)cc2Cl)nn1COCCC(C)(C)[S+](C)C. The van der Waals surface area contributed by atoms with Crippen molar-refractivity contribution in [3.05, 3.63) is 27.7 Å². The molecule has 150 valence electrons. The summed E-state index contributed by atoms with van der Waals surface area (Å²) in [4.78, 5) is 4.52. The fourth-order valence-electron chi connectivity index (χ4n) is 2.17. The minimum Gasteiger partial charge on any atom is -0.461 e. The van der Waals surface area contributed by atoms with Crippen LogP contribution in [0, 0.1) is 0 Å². The second kappa shape index (κ2) is 9.63. The van der Waals surface area contributed by atoms with E-state index in [-0.39, 0.29) is 10.9 Å². The number of hydrogen-bond donors (Lipinski definition) is 0. The summed E-state index contributed by atoms with van der Waals surface area (Å²) >= 11 is 9.76. The number of nitrogens with zero attached hydrogens (tertiary/aromatic N) is 3. The van der Waals surface area contributed by atoms with Crippen LogP contribution in [0.2, 0.25) is 5.02 Å². The van der Waals surface area contributed by atoms with Crippen LogP contribution in [0.1, 0.15) is 34.1 Å². The minimum absolute atomic E-state index is 0.0118. The first-order valence-corrected chi connectivity index (χ1v) is 12.0. The Bertz CT molecular complexity index is 765. The van der Waals surface area contributed by atoms with E-state index in [9.17, 15) is 0 Å². The van der Waals surface area contributed by atoms with Crippen LogP contribution in [0.25, 0.3) is 11.4 Å². The van der Waals surface area contributed by atoms with Crippen LogP contribution in [-0.2, 0) is 22.4 Å². The zero-order chi connectivity index (χ0) is 20.2.